The van der Waals surface area contributed by atoms with Crippen LogP contribution in [-0.2, 0) is 41.5 Å². The largest absolute Gasteiger partial charge is 0.463 e. The van der Waals surface area contributed by atoms with Gasteiger partial charge in [0.15, 0.2) is 0 Å². The van der Waals surface area contributed by atoms with Crippen LogP contribution in [0.3, 0.4) is 0 Å². The van der Waals surface area contributed by atoms with Crippen molar-refractivity contribution in [3.63, 3.8) is 0 Å². The fourth-order valence-corrected chi connectivity index (χ4v) is 6.37. The molecule has 0 amide bonds. The highest BCUT2D eigenvalue weighted by atomic mass is 16.5. The lowest BCUT2D eigenvalue weighted by Gasteiger charge is -2.09. The van der Waals surface area contributed by atoms with Gasteiger partial charge in [-0.1, -0.05) is 99.1 Å². The third-order valence-corrected chi connectivity index (χ3v) is 9.40. The van der Waals surface area contributed by atoms with E-state index in [9.17, 15) is 19.2 Å². The molecule has 0 saturated carbocycles. The Morgan fingerprint density at radius 2 is 0.897 bits per heavy atom. The van der Waals surface area contributed by atoms with E-state index in [4.69, 9.17) is 18.9 Å². The molecule has 0 aromatic heterocycles. The van der Waals surface area contributed by atoms with E-state index in [0.29, 0.717) is 35.9 Å². The standard InChI is InChI=1S/C26H26O4.C24H22O4/c1-17(2)25(27)29-14-6-5-7-19-8-12-23-20(15-19)9-10-21-16-22(11-13-24(21)23)30-26(28)18(3)4;1-3-23(25)27-14-6-5-7-17-8-12-21-18(15-17)9-10-19-16-20(11-13-22(19)21)28-24(26)4-2/h8-13,15-16H,1,3,5-7,14H2,2,4H3;3-4,8-13,15-16H,1-2,5-7,14H2. The van der Waals surface area contributed by atoms with Gasteiger partial charge in [0, 0.05) is 23.3 Å². The molecule has 6 aromatic carbocycles. The SMILES string of the molecule is C=C(C)C(=O)OCCCCc1ccc2c(ccc3cc(OC(=O)C(=C)C)ccc32)c1.C=CC(=O)OCCCCc1ccc2c(ccc3cc(OC(=O)C=C)ccc32)c1. The summed E-state index contributed by atoms with van der Waals surface area (Å²) in [5, 5.41) is 8.89. The molecule has 6 rings (SSSR count). The zero-order valence-corrected chi connectivity index (χ0v) is 33.1. The molecule has 58 heavy (non-hydrogen) atoms. The Hall–Kier alpha value is -6.80. The second-order valence-electron chi connectivity index (χ2n) is 14.0. The van der Waals surface area contributed by atoms with E-state index in [1.54, 1.807) is 19.9 Å². The Morgan fingerprint density at radius 1 is 0.483 bits per heavy atom. The van der Waals surface area contributed by atoms with Gasteiger partial charge in [-0.25, -0.2) is 19.2 Å². The summed E-state index contributed by atoms with van der Waals surface area (Å²) >= 11 is 0. The maximum absolute atomic E-state index is 11.7. The topological polar surface area (TPSA) is 105 Å². The second-order valence-corrected chi connectivity index (χ2v) is 14.0. The number of carbonyl (C=O) groups excluding carboxylic acids is 4. The fourth-order valence-electron chi connectivity index (χ4n) is 6.37. The Kier molecular flexibility index (Phi) is 14.9. The van der Waals surface area contributed by atoms with E-state index in [2.05, 4.69) is 74.8 Å². The van der Waals surface area contributed by atoms with Crippen LogP contribution in [0, 0.1) is 0 Å². The summed E-state index contributed by atoms with van der Waals surface area (Å²) in [6.45, 7) is 18.1. The van der Waals surface area contributed by atoms with Crippen LogP contribution in [-0.4, -0.2) is 37.1 Å². The van der Waals surface area contributed by atoms with Crippen molar-refractivity contribution in [1.29, 1.82) is 0 Å². The molecule has 8 heteroatoms. The van der Waals surface area contributed by atoms with Crippen molar-refractivity contribution in [2.45, 2.75) is 52.4 Å². The number of hydrogen-bond donors (Lipinski definition) is 0. The van der Waals surface area contributed by atoms with Crippen LogP contribution < -0.4 is 9.47 Å². The predicted molar refractivity (Wildman–Crippen MR) is 232 cm³/mol. The van der Waals surface area contributed by atoms with Gasteiger partial charge < -0.3 is 18.9 Å². The predicted octanol–water partition coefficient (Wildman–Crippen LogP) is 11.1. The minimum atomic E-state index is -0.468. The van der Waals surface area contributed by atoms with E-state index in [1.165, 1.54) is 28.0 Å². The number of unbranched alkanes of at least 4 members (excludes halogenated alkanes) is 2. The number of esters is 4. The molecule has 0 atom stereocenters. The smallest absolute Gasteiger partial charge is 0.338 e. The molecule has 0 aliphatic rings. The molecule has 0 bridgehead atoms. The van der Waals surface area contributed by atoms with Gasteiger partial charge in [-0.15, -0.1) is 0 Å². The van der Waals surface area contributed by atoms with E-state index in [-0.39, 0.29) is 11.9 Å². The van der Waals surface area contributed by atoms with Gasteiger partial charge in [-0.3, -0.25) is 0 Å². The molecular weight excluding hydrogens is 729 g/mol. The summed E-state index contributed by atoms with van der Waals surface area (Å²) in [5.74, 6) is -0.576. The lowest BCUT2D eigenvalue weighted by Crippen LogP contribution is -2.07. The zero-order valence-electron chi connectivity index (χ0n) is 33.1. The van der Waals surface area contributed by atoms with Crippen molar-refractivity contribution in [2.75, 3.05) is 13.2 Å². The number of benzene rings is 6. The summed E-state index contributed by atoms with van der Waals surface area (Å²) in [7, 11) is 0. The number of aryl methyl sites for hydroxylation is 2. The van der Waals surface area contributed by atoms with Gasteiger partial charge in [0.2, 0.25) is 0 Å². The van der Waals surface area contributed by atoms with Crippen molar-refractivity contribution in [1.82, 2.24) is 0 Å². The summed E-state index contributed by atoms with van der Waals surface area (Å²) in [5.41, 5.74) is 3.30. The molecule has 0 aliphatic heterocycles. The minimum Gasteiger partial charge on any atom is -0.463 e. The second kappa shape index (κ2) is 20.4. The summed E-state index contributed by atoms with van der Waals surface area (Å²) < 4.78 is 20.7. The lowest BCUT2D eigenvalue weighted by molar-refractivity contribution is -0.139. The van der Waals surface area contributed by atoms with E-state index in [0.717, 1.165) is 76.9 Å². The van der Waals surface area contributed by atoms with E-state index < -0.39 is 11.9 Å². The lowest BCUT2D eigenvalue weighted by atomic mass is 9.98. The summed E-state index contributed by atoms with van der Waals surface area (Å²) in [6, 6.07) is 32.4. The molecular formula is C50H48O8. The first-order valence-electron chi connectivity index (χ1n) is 19.2. The Labute approximate surface area is 339 Å². The van der Waals surface area contributed by atoms with Crippen LogP contribution >= 0.6 is 0 Å². The van der Waals surface area contributed by atoms with Gasteiger partial charge in [-0.2, -0.15) is 0 Å². The average Bonchev–Trinajstić information content (AvgIpc) is 3.22. The monoisotopic (exact) mass is 776 g/mol. The highest BCUT2D eigenvalue weighted by Crippen LogP contribution is 2.31. The quantitative estimate of drug-likeness (QED) is 0.0314. The average molecular weight is 777 g/mol. The summed E-state index contributed by atoms with van der Waals surface area (Å²) in [4.78, 5) is 45.5. The third kappa shape index (κ3) is 11.6. The van der Waals surface area contributed by atoms with Gasteiger partial charge in [-0.05, 0) is 131 Å². The first-order chi connectivity index (χ1) is 27.9. The van der Waals surface area contributed by atoms with Crippen molar-refractivity contribution >= 4 is 67.0 Å². The third-order valence-electron chi connectivity index (χ3n) is 9.40. The number of hydrogen-bond acceptors (Lipinski definition) is 8. The maximum Gasteiger partial charge on any atom is 0.338 e. The Balaban J connectivity index is 0.000000221. The summed E-state index contributed by atoms with van der Waals surface area (Å²) in [6.07, 6.45) is 7.71. The van der Waals surface area contributed by atoms with Gasteiger partial charge in [0.05, 0.1) is 13.2 Å². The first kappa shape index (κ1) is 42.3. The van der Waals surface area contributed by atoms with Crippen LogP contribution in [0.1, 0.15) is 50.7 Å². The van der Waals surface area contributed by atoms with E-state index >= 15 is 0 Å². The van der Waals surface area contributed by atoms with Crippen LogP contribution in [0.5, 0.6) is 11.5 Å². The highest BCUT2D eigenvalue weighted by Gasteiger charge is 2.10. The van der Waals surface area contributed by atoms with Crippen LogP contribution in [0.15, 0.2) is 147 Å². The van der Waals surface area contributed by atoms with Crippen LogP contribution in [0.4, 0.5) is 0 Å². The molecule has 0 N–H and O–H groups in total. The van der Waals surface area contributed by atoms with Gasteiger partial charge >= 0.3 is 23.9 Å². The maximum atomic E-state index is 11.7. The molecule has 0 aliphatic carbocycles. The van der Waals surface area contributed by atoms with Crippen molar-refractivity contribution < 1.29 is 38.1 Å². The number of rotatable bonds is 16. The molecule has 0 fully saturated rings. The minimum absolute atomic E-state index is 0.329. The molecule has 0 saturated heterocycles. The first-order valence-corrected chi connectivity index (χ1v) is 19.2. The highest BCUT2D eigenvalue weighted by molar-refractivity contribution is 6.09. The van der Waals surface area contributed by atoms with Crippen molar-refractivity contribution in [2.24, 2.45) is 0 Å². The van der Waals surface area contributed by atoms with Crippen LogP contribution in [0.2, 0.25) is 0 Å². The van der Waals surface area contributed by atoms with Crippen molar-refractivity contribution in [3.8, 4) is 11.5 Å². The van der Waals surface area contributed by atoms with E-state index in [1.807, 2.05) is 42.5 Å². The Bertz CT molecular complexity index is 2540. The zero-order chi connectivity index (χ0) is 41.6. The molecule has 0 radical (unpaired) electrons. The fraction of sp³-hybridized carbons (Fsp3) is 0.200. The normalized spacial score (nSPS) is 10.7. The molecule has 0 heterocycles. The molecule has 0 unspecified atom stereocenters. The Morgan fingerprint density at radius 3 is 1.34 bits per heavy atom. The molecule has 0 spiro atoms. The van der Waals surface area contributed by atoms with Crippen molar-refractivity contribution in [3.05, 3.63) is 158 Å². The van der Waals surface area contributed by atoms with Gasteiger partial charge in [0.25, 0.3) is 0 Å². The number of carbonyl (C=O) groups is 4. The molecule has 6 aromatic rings. The van der Waals surface area contributed by atoms with Gasteiger partial charge in [0.1, 0.15) is 11.5 Å². The number of fused-ring (bicyclic) bond motifs is 6. The molecule has 296 valence electrons. The number of ether oxygens (including phenoxy) is 4. The van der Waals surface area contributed by atoms with Crippen LogP contribution in [0.25, 0.3) is 43.1 Å². The molecule has 8 nitrogen and oxygen atoms in total.